The van der Waals surface area contributed by atoms with E-state index in [1.54, 1.807) is 18.2 Å². The lowest BCUT2D eigenvalue weighted by Gasteiger charge is -2.04. The summed E-state index contributed by atoms with van der Waals surface area (Å²) < 4.78 is 11.2. The number of aromatic amines is 1. The Hall–Kier alpha value is -0.970. The van der Waals surface area contributed by atoms with Crippen molar-refractivity contribution in [2.75, 3.05) is 6.26 Å². The molecular formula is C10H8ClNO2S. The number of benzene rings is 1. The molecule has 0 spiro atoms. The monoisotopic (exact) mass is 241 g/mol. The van der Waals surface area contributed by atoms with Gasteiger partial charge in [-0.2, -0.15) is 0 Å². The zero-order valence-corrected chi connectivity index (χ0v) is 9.48. The van der Waals surface area contributed by atoms with Gasteiger partial charge < -0.3 is 9.54 Å². The van der Waals surface area contributed by atoms with Crippen LogP contribution in [-0.4, -0.2) is 15.8 Å². The molecule has 0 aliphatic carbocycles. The highest BCUT2D eigenvalue weighted by atomic mass is 35.5. The standard InChI is InChI=1S/C10H8ClNO2S/c1-15(14)9-5-12-8-4-6(11)2-3-7(8)10(9)13/h2-5H,1H3,(H,12,13). The molecule has 0 saturated carbocycles. The van der Waals surface area contributed by atoms with Crippen LogP contribution in [0.15, 0.2) is 34.1 Å². The molecule has 1 aromatic carbocycles. The van der Waals surface area contributed by atoms with Crippen molar-refractivity contribution < 1.29 is 4.55 Å². The van der Waals surface area contributed by atoms with Crippen molar-refractivity contribution in [2.24, 2.45) is 0 Å². The zero-order valence-electron chi connectivity index (χ0n) is 7.91. The van der Waals surface area contributed by atoms with Crippen molar-refractivity contribution in [3.05, 3.63) is 39.6 Å². The van der Waals surface area contributed by atoms with Gasteiger partial charge in [-0.1, -0.05) is 11.6 Å². The smallest absolute Gasteiger partial charge is 0.244 e. The molecule has 0 saturated heterocycles. The van der Waals surface area contributed by atoms with Crippen molar-refractivity contribution in [1.82, 2.24) is 4.98 Å². The predicted octanol–water partition coefficient (Wildman–Crippen LogP) is 1.92. The van der Waals surface area contributed by atoms with Gasteiger partial charge in [-0.05, 0) is 29.4 Å². The fourth-order valence-electron chi connectivity index (χ4n) is 1.39. The van der Waals surface area contributed by atoms with E-state index < -0.39 is 11.2 Å². The topological polar surface area (TPSA) is 55.9 Å². The Kier molecular flexibility index (Phi) is 2.73. The van der Waals surface area contributed by atoms with Crippen LogP contribution < -0.4 is 5.43 Å². The fraction of sp³-hybridized carbons (Fsp3) is 0.100. The molecule has 1 aromatic heterocycles. The Balaban J connectivity index is 2.80. The van der Waals surface area contributed by atoms with Gasteiger partial charge in [0.25, 0.3) is 0 Å². The van der Waals surface area contributed by atoms with Crippen LogP contribution in [0.3, 0.4) is 0 Å². The van der Waals surface area contributed by atoms with E-state index in [9.17, 15) is 9.35 Å². The fourth-order valence-corrected chi connectivity index (χ4v) is 2.16. The van der Waals surface area contributed by atoms with Gasteiger partial charge >= 0.3 is 0 Å². The van der Waals surface area contributed by atoms with Gasteiger partial charge in [0.15, 0.2) is 0 Å². The summed E-state index contributed by atoms with van der Waals surface area (Å²) in [5.74, 6) is 0. The average Bonchev–Trinajstić information content (AvgIpc) is 2.17. The Labute approximate surface area is 94.3 Å². The van der Waals surface area contributed by atoms with Gasteiger partial charge in [0.05, 0.1) is 17.1 Å². The first-order valence-electron chi connectivity index (χ1n) is 4.24. The van der Waals surface area contributed by atoms with Crippen LogP contribution in [0, 0.1) is 0 Å². The summed E-state index contributed by atoms with van der Waals surface area (Å²) >= 11 is 4.51. The summed E-state index contributed by atoms with van der Waals surface area (Å²) in [5, 5.41) is 1.07. The predicted molar refractivity (Wildman–Crippen MR) is 61.9 cm³/mol. The summed E-state index contributed by atoms with van der Waals surface area (Å²) in [6.45, 7) is 0. The SMILES string of the molecule is C[S+]([O-])c1c[nH]c2cc(Cl)ccc2c1=O. The second kappa shape index (κ2) is 3.89. The number of hydrogen-bond donors (Lipinski definition) is 1. The molecule has 2 rings (SSSR count). The number of pyridine rings is 1. The van der Waals surface area contributed by atoms with Crippen molar-refractivity contribution in [3.63, 3.8) is 0 Å². The quantitative estimate of drug-likeness (QED) is 0.776. The molecule has 0 fully saturated rings. The number of fused-ring (bicyclic) bond motifs is 1. The van der Waals surface area contributed by atoms with E-state index >= 15 is 0 Å². The molecule has 1 unspecified atom stereocenters. The molecular weight excluding hydrogens is 234 g/mol. The molecule has 0 aliphatic heterocycles. The molecule has 0 radical (unpaired) electrons. The number of rotatable bonds is 1. The van der Waals surface area contributed by atoms with Crippen molar-refractivity contribution in [2.45, 2.75) is 4.90 Å². The van der Waals surface area contributed by atoms with Gasteiger partial charge in [-0.15, -0.1) is 0 Å². The average molecular weight is 242 g/mol. The largest absolute Gasteiger partial charge is 0.612 e. The molecule has 1 atom stereocenters. The van der Waals surface area contributed by atoms with E-state index in [1.165, 1.54) is 12.5 Å². The van der Waals surface area contributed by atoms with E-state index in [4.69, 9.17) is 11.6 Å². The summed E-state index contributed by atoms with van der Waals surface area (Å²) in [6.07, 6.45) is 2.95. The highest BCUT2D eigenvalue weighted by Gasteiger charge is 2.12. The highest BCUT2D eigenvalue weighted by molar-refractivity contribution is 7.90. The molecule has 15 heavy (non-hydrogen) atoms. The van der Waals surface area contributed by atoms with Gasteiger partial charge in [0.1, 0.15) is 6.26 Å². The molecule has 0 amide bonds. The first kappa shape index (κ1) is 10.5. The molecule has 78 valence electrons. The lowest BCUT2D eigenvalue weighted by atomic mass is 10.2. The molecule has 1 heterocycles. The van der Waals surface area contributed by atoms with E-state index in [2.05, 4.69) is 4.98 Å². The van der Waals surface area contributed by atoms with Gasteiger partial charge in [0, 0.05) is 5.02 Å². The Morgan fingerprint density at radius 2 is 2.20 bits per heavy atom. The van der Waals surface area contributed by atoms with Crippen LogP contribution in [-0.2, 0) is 11.2 Å². The van der Waals surface area contributed by atoms with Crippen LogP contribution in [0.1, 0.15) is 0 Å². The molecule has 3 nitrogen and oxygen atoms in total. The Morgan fingerprint density at radius 3 is 2.87 bits per heavy atom. The second-order valence-electron chi connectivity index (χ2n) is 3.13. The van der Waals surface area contributed by atoms with Crippen molar-refractivity contribution in [1.29, 1.82) is 0 Å². The number of aromatic nitrogens is 1. The number of H-pyrrole nitrogens is 1. The maximum Gasteiger partial charge on any atom is 0.244 e. The van der Waals surface area contributed by atoms with Crippen molar-refractivity contribution in [3.8, 4) is 0 Å². The van der Waals surface area contributed by atoms with Crippen LogP contribution in [0.2, 0.25) is 5.02 Å². The molecule has 0 aliphatic rings. The first-order chi connectivity index (χ1) is 7.09. The zero-order chi connectivity index (χ0) is 11.0. The summed E-state index contributed by atoms with van der Waals surface area (Å²) in [6, 6.07) is 4.94. The minimum atomic E-state index is -1.28. The third kappa shape index (κ3) is 1.88. The third-order valence-corrected chi connectivity index (χ3v) is 3.28. The minimum Gasteiger partial charge on any atom is -0.612 e. The number of halogens is 1. The van der Waals surface area contributed by atoms with Crippen LogP contribution in [0.25, 0.3) is 10.9 Å². The van der Waals surface area contributed by atoms with E-state index in [-0.39, 0.29) is 10.3 Å². The summed E-state index contributed by atoms with van der Waals surface area (Å²) in [4.78, 5) is 15.0. The van der Waals surface area contributed by atoms with E-state index in [0.717, 1.165) is 0 Å². The van der Waals surface area contributed by atoms with E-state index in [1.807, 2.05) is 0 Å². The van der Waals surface area contributed by atoms with Crippen molar-refractivity contribution >= 4 is 33.7 Å². The normalized spacial score (nSPS) is 13.0. The van der Waals surface area contributed by atoms with Crippen LogP contribution in [0.5, 0.6) is 0 Å². The van der Waals surface area contributed by atoms with Crippen LogP contribution >= 0.6 is 11.6 Å². The highest BCUT2D eigenvalue weighted by Crippen LogP contribution is 2.16. The summed E-state index contributed by atoms with van der Waals surface area (Å²) in [7, 11) is 0. The minimum absolute atomic E-state index is 0.207. The Bertz CT molecular complexity index is 565. The maximum absolute atomic E-state index is 11.8. The summed E-state index contributed by atoms with van der Waals surface area (Å²) in [5.41, 5.74) is 0.447. The van der Waals surface area contributed by atoms with E-state index in [0.29, 0.717) is 15.9 Å². The van der Waals surface area contributed by atoms with Crippen LogP contribution in [0.4, 0.5) is 0 Å². The van der Waals surface area contributed by atoms with Gasteiger partial charge in [0.2, 0.25) is 10.3 Å². The Morgan fingerprint density at radius 1 is 1.47 bits per heavy atom. The molecule has 5 heteroatoms. The molecule has 1 N–H and O–H groups in total. The maximum atomic E-state index is 11.8. The lowest BCUT2D eigenvalue weighted by molar-refractivity contribution is 0.600. The van der Waals surface area contributed by atoms with Gasteiger partial charge in [-0.3, -0.25) is 4.79 Å². The molecule has 2 aromatic rings. The lowest BCUT2D eigenvalue weighted by Crippen LogP contribution is -2.14. The van der Waals surface area contributed by atoms with Gasteiger partial charge in [-0.25, -0.2) is 0 Å². The number of hydrogen-bond acceptors (Lipinski definition) is 2. The first-order valence-corrected chi connectivity index (χ1v) is 6.17. The third-order valence-electron chi connectivity index (χ3n) is 2.12. The second-order valence-corrected chi connectivity index (χ2v) is 4.91. The number of nitrogens with one attached hydrogen (secondary N) is 1. The molecule has 0 bridgehead atoms.